The molecule has 1 aliphatic heterocycles. The molecule has 0 unspecified atom stereocenters. The van der Waals surface area contributed by atoms with Gasteiger partial charge in [-0.2, -0.15) is 0 Å². The molecular formula is C20H26O6. The summed E-state index contributed by atoms with van der Waals surface area (Å²) in [7, 11) is 1.46. The maximum absolute atomic E-state index is 12.6. The lowest BCUT2D eigenvalue weighted by Gasteiger charge is -2.21. The fourth-order valence-electron chi connectivity index (χ4n) is 2.89. The van der Waals surface area contributed by atoms with Crippen molar-refractivity contribution in [1.29, 1.82) is 0 Å². The molecule has 0 bridgehead atoms. The minimum Gasteiger partial charge on any atom is -0.507 e. The topological polar surface area (TPSA) is 96.2 Å². The number of aliphatic hydroxyl groups excluding tert-OH is 2. The van der Waals surface area contributed by atoms with E-state index in [1.807, 2.05) is 6.92 Å². The van der Waals surface area contributed by atoms with E-state index in [0.717, 1.165) is 0 Å². The number of fused-ring (bicyclic) bond motifs is 1. The molecule has 1 aromatic rings. The summed E-state index contributed by atoms with van der Waals surface area (Å²) in [5, 5.41) is 30.4. The van der Waals surface area contributed by atoms with Crippen molar-refractivity contribution in [2.24, 2.45) is 5.92 Å². The Labute approximate surface area is 153 Å². The Morgan fingerprint density at radius 1 is 1.27 bits per heavy atom. The highest BCUT2D eigenvalue weighted by Gasteiger charge is 2.24. The first-order valence-corrected chi connectivity index (χ1v) is 8.70. The van der Waals surface area contributed by atoms with Gasteiger partial charge in [0, 0.05) is 12.0 Å². The molecule has 4 atom stereocenters. The van der Waals surface area contributed by atoms with Crippen molar-refractivity contribution >= 4 is 12.0 Å². The fraction of sp³-hybridized carbons (Fsp3) is 0.450. The van der Waals surface area contributed by atoms with Gasteiger partial charge in [-0.3, -0.25) is 0 Å². The molecule has 0 radical (unpaired) electrons. The molecule has 6 nitrogen and oxygen atoms in total. The van der Waals surface area contributed by atoms with Crippen LogP contribution in [0.15, 0.2) is 30.4 Å². The molecule has 0 saturated carbocycles. The van der Waals surface area contributed by atoms with Gasteiger partial charge in [0.2, 0.25) is 0 Å². The Morgan fingerprint density at radius 2 is 2.00 bits per heavy atom. The van der Waals surface area contributed by atoms with Crippen LogP contribution in [0.2, 0.25) is 0 Å². The van der Waals surface area contributed by atoms with Gasteiger partial charge in [-0.25, -0.2) is 4.79 Å². The van der Waals surface area contributed by atoms with E-state index in [-0.39, 0.29) is 23.7 Å². The van der Waals surface area contributed by atoms with Crippen LogP contribution in [0.25, 0.3) is 6.08 Å². The highest BCUT2D eigenvalue weighted by molar-refractivity contribution is 5.97. The summed E-state index contributed by atoms with van der Waals surface area (Å²) < 4.78 is 10.7. The molecule has 0 amide bonds. The molecule has 3 N–H and O–H groups in total. The Balaban J connectivity index is 2.50. The van der Waals surface area contributed by atoms with Crippen LogP contribution in [0, 0.1) is 5.92 Å². The van der Waals surface area contributed by atoms with Crippen molar-refractivity contribution in [3.63, 3.8) is 0 Å². The van der Waals surface area contributed by atoms with Crippen LogP contribution in [0.4, 0.5) is 0 Å². The van der Waals surface area contributed by atoms with Crippen LogP contribution in [0.1, 0.15) is 42.6 Å². The lowest BCUT2D eigenvalue weighted by Crippen LogP contribution is -2.25. The molecule has 0 aromatic heterocycles. The number of rotatable bonds is 2. The van der Waals surface area contributed by atoms with E-state index in [1.165, 1.54) is 19.3 Å². The van der Waals surface area contributed by atoms with E-state index in [9.17, 15) is 20.1 Å². The van der Waals surface area contributed by atoms with Gasteiger partial charge in [0.15, 0.2) is 0 Å². The van der Waals surface area contributed by atoms with Crippen molar-refractivity contribution in [3.8, 4) is 11.5 Å². The van der Waals surface area contributed by atoms with Gasteiger partial charge in [-0.1, -0.05) is 31.2 Å². The predicted molar refractivity (Wildman–Crippen MR) is 98.1 cm³/mol. The largest absolute Gasteiger partial charge is 0.507 e. The third-order valence-electron chi connectivity index (χ3n) is 4.55. The maximum Gasteiger partial charge on any atom is 0.342 e. The first-order chi connectivity index (χ1) is 12.4. The number of aromatic hydroxyl groups is 1. The molecule has 1 aliphatic rings. The van der Waals surface area contributed by atoms with Crippen LogP contribution in [0.3, 0.4) is 0 Å². The minimum atomic E-state index is -1.02. The van der Waals surface area contributed by atoms with Gasteiger partial charge in [0.05, 0.1) is 19.3 Å². The van der Waals surface area contributed by atoms with E-state index in [1.54, 1.807) is 31.2 Å². The Bertz CT molecular complexity index is 694. The number of carbonyl (C=O) groups excluding carboxylic acids is 1. The van der Waals surface area contributed by atoms with E-state index in [4.69, 9.17) is 9.47 Å². The van der Waals surface area contributed by atoms with Crippen molar-refractivity contribution < 1.29 is 29.6 Å². The molecule has 0 spiro atoms. The van der Waals surface area contributed by atoms with Crippen molar-refractivity contribution in [3.05, 3.63) is 41.5 Å². The van der Waals surface area contributed by atoms with E-state index >= 15 is 0 Å². The number of esters is 1. The van der Waals surface area contributed by atoms with Crippen molar-refractivity contribution in [2.45, 2.75) is 45.0 Å². The molecular weight excluding hydrogens is 336 g/mol. The number of hydrogen-bond acceptors (Lipinski definition) is 6. The third kappa shape index (κ3) is 4.65. The summed E-state index contributed by atoms with van der Waals surface area (Å²) in [4.78, 5) is 12.6. The summed E-state index contributed by atoms with van der Waals surface area (Å²) in [6, 6.07) is 2.96. The van der Waals surface area contributed by atoms with Crippen LogP contribution in [-0.4, -0.2) is 46.7 Å². The molecule has 26 heavy (non-hydrogen) atoms. The van der Waals surface area contributed by atoms with Crippen molar-refractivity contribution in [2.75, 3.05) is 7.11 Å². The number of aliphatic hydroxyl groups is 2. The number of ether oxygens (including phenoxy) is 2. The second kappa shape index (κ2) is 8.87. The van der Waals surface area contributed by atoms with Crippen molar-refractivity contribution in [1.82, 2.24) is 0 Å². The fourth-order valence-corrected chi connectivity index (χ4v) is 2.89. The molecule has 2 rings (SSSR count). The number of phenolic OH excluding ortho intramolecular Hbond substituents is 1. The van der Waals surface area contributed by atoms with E-state index in [0.29, 0.717) is 17.7 Å². The number of hydrogen-bond donors (Lipinski definition) is 3. The SMILES string of the molecule is CC[C@@H]1/C=C\[C@@H](O)[C@@H](O)C/C=C/c2cc(OC)cc(O)c2C(=O)O[C@H]1C. The molecule has 1 aromatic carbocycles. The van der Waals surface area contributed by atoms with Crippen LogP contribution in [0.5, 0.6) is 11.5 Å². The number of benzene rings is 1. The van der Waals surface area contributed by atoms with Gasteiger partial charge >= 0.3 is 5.97 Å². The van der Waals surface area contributed by atoms with Gasteiger partial charge in [-0.05, 0) is 31.4 Å². The zero-order valence-corrected chi connectivity index (χ0v) is 15.3. The van der Waals surface area contributed by atoms with Gasteiger partial charge in [-0.15, -0.1) is 0 Å². The average Bonchev–Trinajstić information content (AvgIpc) is 2.60. The quantitative estimate of drug-likeness (QED) is 0.553. The summed E-state index contributed by atoms with van der Waals surface area (Å²) in [6.07, 6.45) is 4.92. The van der Waals surface area contributed by atoms with E-state index < -0.39 is 24.3 Å². The summed E-state index contributed by atoms with van der Waals surface area (Å²) in [6.45, 7) is 3.70. The molecule has 6 heteroatoms. The second-order valence-electron chi connectivity index (χ2n) is 6.37. The van der Waals surface area contributed by atoms with Crippen LogP contribution in [-0.2, 0) is 4.74 Å². The van der Waals surface area contributed by atoms with E-state index in [2.05, 4.69) is 0 Å². The summed E-state index contributed by atoms with van der Waals surface area (Å²) >= 11 is 0. The Morgan fingerprint density at radius 3 is 2.65 bits per heavy atom. The molecule has 0 fully saturated rings. The second-order valence-corrected chi connectivity index (χ2v) is 6.37. The van der Waals surface area contributed by atoms with Gasteiger partial charge in [0.25, 0.3) is 0 Å². The minimum absolute atomic E-state index is 0.0435. The first-order valence-electron chi connectivity index (χ1n) is 8.70. The highest BCUT2D eigenvalue weighted by atomic mass is 16.5. The lowest BCUT2D eigenvalue weighted by molar-refractivity contribution is 0.0237. The zero-order valence-electron chi connectivity index (χ0n) is 15.3. The predicted octanol–water partition coefficient (Wildman–Crippen LogP) is 2.67. The number of methoxy groups -OCH3 is 1. The Hall–Kier alpha value is -2.31. The van der Waals surface area contributed by atoms with Crippen LogP contribution < -0.4 is 4.74 Å². The molecule has 0 aliphatic carbocycles. The number of carbonyl (C=O) groups is 1. The highest BCUT2D eigenvalue weighted by Crippen LogP contribution is 2.31. The normalized spacial score (nSPS) is 29.3. The summed E-state index contributed by atoms with van der Waals surface area (Å²) in [5.74, 6) is -0.604. The zero-order chi connectivity index (χ0) is 19.3. The number of phenols is 1. The molecule has 142 valence electrons. The standard InChI is InChI=1S/C20H26O6/c1-4-13-8-9-17(22)16(21)7-5-6-14-10-15(25-3)11-18(23)19(14)20(24)26-12(13)2/h5-6,8-13,16-17,21-23H,4,7H2,1-3H3/b6-5+,9-8-/t12-,13+,16-,17+/m0/s1. The maximum atomic E-state index is 12.6. The molecule has 1 heterocycles. The smallest absolute Gasteiger partial charge is 0.342 e. The average molecular weight is 362 g/mol. The molecule has 0 saturated heterocycles. The summed E-state index contributed by atoms with van der Waals surface area (Å²) in [5.41, 5.74) is 0.461. The van der Waals surface area contributed by atoms with Gasteiger partial charge < -0.3 is 24.8 Å². The monoisotopic (exact) mass is 362 g/mol. The first kappa shape index (κ1) is 20.0. The third-order valence-corrected chi connectivity index (χ3v) is 4.55. The van der Waals surface area contributed by atoms with Gasteiger partial charge in [0.1, 0.15) is 23.2 Å². The number of cyclic esters (lactones) is 1. The van der Waals surface area contributed by atoms with Crippen LogP contribution >= 0.6 is 0 Å². The lowest BCUT2D eigenvalue weighted by atomic mass is 9.98. The Kier molecular flexibility index (Phi) is 6.83.